The summed E-state index contributed by atoms with van der Waals surface area (Å²) in [4.78, 5) is 11.0. The molecule has 1 N–H and O–H groups in total. The lowest BCUT2D eigenvalue weighted by molar-refractivity contribution is 0.0697. The Morgan fingerprint density at radius 3 is 1.96 bits per heavy atom. The van der Waals surface area contributed by atoms with E-state index in [0.717, 1.165) is 22.6 Å². The van der Waals surface area contributed by atoms with E-state index < -0.39 is 5.97 Å². The van der Waals surface area contributed by atoms with Crippen LogP contribution in [0.3, 0.4) is 0 Å². The summed E-state index contributed by atoms with van der Waals surface area (Å²) in [6.45, 7) is 4.23. The van der Waals surface area contributed by atoms with Gasteiger partial charge >= 0.3 is 5.97 Å². The molecule has 0 aliphatic heterocycles. The van der Waals surface area contributed by atoms with Gasteiger partial charge in [-0.15, -0.1) is 0 Å². The molecule has 3 aromatic carbocycles. The summed E-state index contributed by atoms with van der Waals surface area (Å²) in [6.07, 6.45) is 0. The van der Waals surface area contributed by atoms with Crippen LogP contribution in [0.4, 0.5) is 0 Å². The minimum Gasteiger partial charge on any atom is -0.478 e. The van der Waals surface area contributed by atoms with Crippen molar-refractivity contribution < 1.29 is 14.3 Å². The van der Waals surface area contributed by atoms with Gasteiger partial charge in [0, 0.05) is 11.1 Å². The molecule has 0 spiro atoms. The van der Waals surface area contributed by atoms with E-state index in [1.807, 2.05) is 12.1 Å². The molecule has 128 valence electrons. The van der Waals surface area contributed by atoms with Crippen molar-refractivity contribution in [3.63, 3.8) is 0 Å². The smallest absolute Gasteiger partial charge is 0.335 e. The number of hydrogen-bond acceptors (Lipinski definition) is 2. The molecule has 4 aromatic rings. The molecule has 0 atom stereocenters. The topological polar surface area (TPSA) is 50.4 Å². The highest BCUT2D eigenvalue weighted by Gasteiger charge is 2.10. The highest BCUT2D eigenvalue weighted by Crippen LogP contribution is 2.32. The molecule has 0 saturated heterocycles. The summed E-state index contributed by atoms with van der Waals surface area (Å²) in [7, 11) is 0. The Bertz CT molecular complexity index is 1120. The molecule has 0 unspecified atom stereocenters. The first-order chi connectivity index (χ1) is 12.5. The Morgan fingerprint density at radius 1 is 0.731 bits per heavy atom. The molecule has 0 saturated carbocycles. The van der Waals surface area contributed by atoms with Crippen molar-refractivity contribution >= 4 is 16.7 Å². The number of carboxylic acid groups (broad SMARTS) is 1. The minimum atomic E-state index is -0.932. The van der Waals surface area contributed by atoms with Gasteiger partial charge in [0.2, 0.25) is 0 Å². The first-order valence-corrected chi connectivity index (χ1v) is 8.47. The van der Waals surface area contributed by atoms with Crippen LogP contribution in [0.5, 0.6) is 0 Å². The van der Waals surface area contributed by atoms with Gasteiger partial charge in [-0.2, -0.15) is 0 Å². The zero-order valence-electron chi connectivity index (χ0n) is 14.6. The van der Waals surface area contributed by atoms with Crippen LogP contribution >= 0.6 is 0 Å². The molecule has 3 heteroatoms. The van der Waals surface area contributed by atoms with Crippen LogP contribution in [0.2, 0.25) is 0 Å². The van der Waals surface area contributed by atoms with Gasteiger partial charge in [-0.3, -0.25) is 0 Å². The molecule has 0 aliphatic rings. The lowest BCUT2D eigenvalue weighted by Gasteiger charge is -2.07. The van der Waals surface area contributed by atoms with Gasteiger partial charge in [-0.1, -0.05) is 36.4 Å². The predicted molar refractivity (Wildman–Crippen MR) is 104 cm³/mol. The van der Waals surface area contributed by atoms with Gasteiger partial charge in [-0.25, -0.2) is 4.79 Å². The average Bonchev–Trinajstić information content (AvgIpc) is 3.15. The summed E-state index contributed by atoms with van der Waals surface area (Å²) in [6, 6.07) is 21.2. The fourth-order valence-electron chi connectivity index (χ4n) is 3.22. The van der Waals surface area contributed by atoms with Crippen molar-refractivity contribution in [2.24, 2.45) is 0 Å². The lowest BCUT2D eigenvalue weighted by atomic mass is 9.98. The molecule has 0 aliphatic carbocycles. The van der Waals surface area contributed by atoms with Gasteiger partial charge in [0.1, 0.15) is 11.5 Å². The quantitative estimate of drug-likeness (QED) is 0.491. The third-order valence-electron chi connectivity index (χ3n) is 4.76. The second-order valence-corrected chi connectivity index (χ2v) is 6.51. The van der Waals surface area contributed by atoms with Crippen LogP contribution in [-0.4, -0.2) is 11.1 Å². The Kier molecular flexibility index (Phi) is 3.85. The van der Waals surface area contributed by atoms with E-state index in [4.69, 9.17) is 9.52 Å². The number of carbonyl (C=O) groups is 1. The van der Waals surface area contributed by atoms with E-state index in [-0.39, 0.29) is 5.56 Å². The number of furan rings is 1. The van der Waals surface area contributed by atoms with Crippen LogP contribution in [0.15, 0.2) is 71.1 Å². The second kappa shape index (κ2) is 6.19. The van der Waals surface area contributed by atoms with Crippen molar-refractivity contribution in [1.29, 1.82) is 0 Å². The Labute approximate surface area is 151 Å². The van der Waals surface area contributed by atoms with Crippen molar-refractivity contribution in [3.8, 4) is 22.6 Å². The summed E-state index contributed by atoms with van der Waals surface area (Å²) in [5, 5.41) is 11.5. The highest BCUT2D eigenvalue weighted by molar-refractivity contribution is 5.92. The number of rotatable bonds is 3. The Morgan fingerprint density at radius 2 is 1.31 bits per heavy atom. The van der Waals surface area contributed by atoms with Gasteiger partial charge in [-0.05, 0) is 66.1 Å². The maximum absolute atomic E-state index is 11.0. The molecule has 1 heterocycles. The van der Waals surface area contributed by atoms with Crippen molar-refractivity contribution in [3.05, 3.63) is 83.4 Å². The lowest BCUT2D eigenvalue weighted by Crippen LogP contribution is -1.94. The molecular formula is C23H18O3. The Hall–Kier alpha value is -3.33. The molecule has 3 nitrogen and oxygen atoms in total. The van der Waals surface area contributed by atoms with Crippen molar-refractivity contribution in [1.82, 2.24) is 0 Å². The van der Waals surface area contributed by atoms with Gasteiger partial charge in [0.05, 0.1) is 5.56 Å². The molecule has 0 bridgehead atoms. The maximum Gasteiger partial charge on any atom is 0.335 e. The predicted octanol–water partition coefficient (Wildman–Crippen LogP) is 6.08. The SMILES string of the molecule is Cc1ccc(C)c2cc(-c3ccc(-c4ccc(C(=O)O)cc4)o3)ccc12. The number of aryl methyl sites for hydroxylation is 2. The summed E-state index contributed by atoms with van der Waals surface area (Å²) in [5.41, 5.74) is 4.65. The molecule has 26 heavy (non-hydrogen) atoms. The fourth-order valence-corrected chi connectivity index (χ4v) is 3.22. The zero-order valence-corrected chi connectivity index (χ0v) is 14.6. The van der Waals surface area contributed by atoms with E-state index >= 15 is 0 Å². The number of carboxylic acids is 1. The van der Waals surface area contributed by atoms with E-state index in [2.05, 4.69) is 44.2 Å². The van der Waals surface area contributed by atoms with E-state index in [9.17, 15) is 4.79 Å². The number of fused-ring (bicyclic) bond motifs is 1. The van der Waals surface area contributed by atoms with Crippen LogP contribution in [0.1, 0.15) is 21.5 Å². The van der Waals surface area contributed by atoms with E-state index in [1.54, 1.807) is 24.3 Å². The van der Waals surface area contributed by atoms with Crippen LogP contribution in [0, 0.1) is 13.8 Å². The van der Waals surface area contributed by atoms with Gasteiger partial charge in [0.25, 0.3) is 0 Å². The maximum atomic E-state index is 11.0. The molecular weight excluding hydrogens is 324 g/mol. The van der Waals surface area contributed by atoms with Gasteiger partial charge < -0.3 is 9.52 Å². The number of hydrogen-bond donors (Lipinski definition) is 1. The number of benzene rings is 3. The molecule has 0 radical (unpaired) electrons. The Balaban J connectivity index is 1.73. The first kappa shape index (κ1) is 16.2. The molecule has 0 amide bonds. The second-order valence-electron chi connectivity index (χ2n) is 6.51. The van der Waals surface area contributed by atoms with Crippen LogP contribution < -0.4 is 0 Å². The summed E-state index contributed by atoms with van der Waals surface area (Å²) < 4.78 is 6.03. The first-order valence-electron chi connectivity index (χ1n) is 8.47. The van der Waals surface area contributed by atoms with Crippen molar-refractivity contribution in [2.45, 2.75) is 13.8 Å². The van der Waals surface area contributed by atoms with E-state index in [0.29, 0.717) is 0 Å². The van der Waals surface area contributed by atoms with Crippen LogP contribution in [-0.2, 0) is 0 Å². The zero-order chi connectivity index (χ0) is 18.3. The third-order valence-corrected chi connectivity index (χ3v) is 4.76. The standard InChI is InChI=1S/C23H18O3/c1-14-3-4-15(2)20-13-18(9-10-19(14)20)22-12-11-21(26-22)16-5-7-17(8-6-16)23(24)25/h3-13H,1-2H3,(H,24,25). The summed E-state index contributed by atoms with van der Waals surface area (Å²) in [5.74, 6) is 0.585. The minimum absolute atomic E-state index is 0.265. The third kappa shape index (κ3) is 2.78. The normalized spacial score (nSPS) is 11.0. The molecule has 4 rings (SSSR count). The highest BCUT2D eigenvalue weighted by atomic mass is 16.4. The molecule has 1 aromatic heterocycles. The monoisotopic (exact) mass is 342 g/mol. The fraction of sp³-hybridized carbons (Fsp3) is 0.0870. The molecule has 0 fully saturated rings. The van der Waals surface area contributed by atoms with Gasteiger partial charge in [0.15, 0.2) is 0 Å². The van der Waals surface area contributed by atoms with Crippen molar-refractivity contribution in [2.75, 3.05) is 0 Å². The van der Waals surface area contributed by atoms with Crippen LogP contribution in [0.25, 0.3) is 33.4 Å². The van der Waals surface area contributed by atoms with E-state index in [1.165, 1.54) is 21.9 Å². The summed E-state index contributed by atoms with van der Waals surface area (Å²) >= 11 is 0. The number of aromatic carboxylic acids is 1. The average molecular weight is 342 g/mol. The largest absolute Gasteiger partial charge is 0.478 e.